The van der Waals surface area contributed by atoms with E-state index >= 15 is 0 Å². The van der Waals surface area contributed by atoms with E-state index in [0.717, 1.165) is 95.9 Å². The van der Waals surface area contributed by atoms with Crippen LogP contribution in [0, 0.1) is 41.4 Å². The van der Waals surface area contributed by atoms with Crippen molar-refractivity contribution in [3.05, 3.63) is 177 Å². The zero-order chi connectivity index (χ0) is 57.0. The summed E-state index contributed by atoms with van der Waals surface area (Å²) >= 11 is 0. The molecule has 0 spiro atoms. The average molecular weight is 1150 g/mol. The Labute approximate surface area is 512 Å². The molecule has 10 bridgehead atoms. The normalized spacial score (nSPS) is 31.2. The van der Waals surface area contributed by atoms with Gasteiger partial charge in [0.2, 0.25) is 5.72 Å². The molecule has 14 rings (SSSR count). The molecule has 5 aromatic carbocycles. The second-order valence-electron chi connectivity index (χ2n) is 25.7. The van der Waals surface area contributed by atoms with Gasteiger partial charge in [0.15, 0.2) is 5.96 Å². The molecule has 5 heterocycles. The number of phenols is 1. The first-order valence-electron chi connectivity index (χ1n) is 30.3. The third-order valence-electron chi connectivity index (χ3n) is 20.5. The molecule has 14 heteroatoms. The predicted octanol–water partition coefficient (Wildman–Crippen LogP) is 8.30. The molecular formula is C69H80N3NaO9S. The van der Waals surface area contributed by atoms with Crippen LogP contribution >= 0.6 is 0 Å². The van der Waals surface area contributed by atoms with Crippen molar-refractivity contribution >= 4 is 16.1 Å². The molecule has 2 saturated carbocycles. The first-order chi connectivity index (χ1) is 39.5. The number of benzene rings is 5. The van der Waals surface area contributed by atoms with Gasteiger partial charge in [-0.15, -0.1) is 0 Å². The van der Waals surface area contributed by atoms with Crippen LogP contribution in [0.4, 0.5) is 0 Å². The standard InChI is InChI=1S/C69H81N3O9S.Na/c1-43-15-16-49-36-57-26-28-59(49)61(43)39-63(82(77,78)79)62-38-52-34-51(37-58-33-45(42-73)12-8-13-48-35-56(74)25-27-60(48)65(52)80-58)64(62)47-19-23-54(24-20-47)69(81-57,72-66(70)71)41-55(32-44-10-4-2-5-11-44)68(76)31-9-14-50(40-68)46-17-21-53(22-18-46)67(75)29-6-3-7-30-67;/h2,4-5,10-11,17-28,35-36,38,43,45,50-51,55,58,61-65,73-76H,3,6-7,9,12,14-16,29-34,37,39-42H2,1H3,(H4,70,71,72)(H,77,78,79);/q;+1/p-1/t43-,45+,50-,51-,55+,58-,61+,62-,63-,64+,65-,68-,69-;/m1./s1. The summed E-state index contributed by atoms with van der Waals surface area (Å²) in [5.41, 5.74) is 18.5. The fourth-order valence-corrected chi connectivity index (χ4v) is 17.4. The summed E-state index contributed by atoms with van der Waals surface area (Å²) in [7, 11) is -4.95. The number of nitrogens with two attached hydrogens (primary N) is 2. The number of nitrogens with zero attached hydrogens (tertiary/aromatic N) is 1. The monoisotopic (exact) mass is 1150 g/mol. The largest absolute Gasteiger partial charge is 1.00 e. The van der Waals surface area contributed by atoms with Gasteiger partial charge in [0.25, 0.3) is 0 Å². The number of aliphatic hydroxyl groups excluding tert-OH is 1. The summed E-state index contributed by atoms with van der Waals surface area (Å²) in [6.07, 6.45) is 12.9. The summed E-state index contributed by atoms with van der Waals surface area (Å²) in [5, 5.41) is 45.4. The van der Waals surface area contributed by atoms with Gasteiger partial charge in [0.1, 0.15) is 17.6 Å². The van der Waals surface area contributed by atoms with E-state index in [9.17, 15) is 33.4 Å². The summed E-state index contributed by atoms with van der Waals surface area (Å²) in [6.45, 7) is 2.07. The number of phenolic OH excluding ortho intramolecular Hbond substituents is 1. The van der Waals surface area contributed by atoms with E-state index < -0.39 is 56.2 Å². The minimum absolute atomic E-state index is 0. The third-order valence-corrected chi connectivity index (χ3v) is 21.8. The quantitative estimate of drug-likeness (QED) is 0.0195. The molecule has 0 unspecified atom stereocenters. The molecule has 12 nitrogen and oxygen atoms in total. The van der Waals surface area contributed by atoms with Gasteiger partial charge in [0, 0.05) is 36.1 Å². The Kier molecular flexibility index (Phi) is 17.6. The Bertz CT molecular complexity index is 3370. The van der Waals surface area contributed by atoms with Gasteiger partial charge in [-0.05, 0) is 194 Å². The first kappa shape index (κ1) is 59.7. The molecule has 0 amide bonds. The number of hydrogen-bond acceptors (Lipinski definition) is 10. The molecular weight excluding hydrogens is 1070 g/mol. The number of ether oxygens (including phenoxy) is 2. The number of guanidine groups is 1. The molecule has 5 aromatic rings. The van der Waals surface area contributed by atoms with Crippen LogP contribution in [0.2, 0.25) is 0 Å². The minimum atomic E-state index is -4.95. The summed E-state index contributed by atoms with van der Waals surface area (Å²) < 4.78 is 57.7. The van der Waals surface area contributed by atoms with Crippen molar-refractivity contribution in [2.75, 3.05) is 6.61 Å². The summed E-state index contributed by atoms with van der Waals surface area (Å²) in [6, 6.07) is 37.9. The van der Waals surface area contributed by atoms with Gasteiger partial charge in [-0.25, -0.2) is 13.4 Å². The zero-order valence-corrected chi connectivity index (χ0v) is 51.0. The van der Waals surface area contributed by atoms with Crippen LogP contribution in [-0.4, -0.2) is 62.9 Å². The van der Waals surface area contributed by atoms with Crippen LogP contribution in [0.25, 0.3) is 0 Å². The van der Waals surface area contributed by atoms with Gasteiger partial charge in [-0.1, -0.05) is 135 Å². The maximum absolute atomic E-state index is 14.4. The van der Waals surface area contributed by atoms with Crippen LogP contribution in [-0.2, 0) is 39.0 Å². The second kappa shape index (κ2) is 24.4. The average Bonchev–Trinajstić information content (AvgIpc) is 3.82. The Hall–Kier alpha value is -4.98. The molecule has 8 N–H and O–H groups in total. The molecule has 1 saturated heterocycles. The smallest absolute Gasteiger partial charge is 0.748 e. The van der Waals surface area contributed by atoms with Crippen LogP contribution in [0.5, 0.6) is 11.5 Å². The fraction of sp³-hybridized carbons (Fsp3) is 0.493. The fourth-order valence-electron chi connectivity index (χ4n) is 16.3. The Morgan fingerprint density at radius 2 is 1.58 bits per heavy atom. The van der Waals surface area contributed by atoms with Crippen molar-refractivity contribution in [2.24, 2.45) is 46.0 Å². The minimum Gasteiger partial charge on any atom is -0.748 e. The Morgan fingerprint density at radius 1 is 0.843 bits per heavy atom. The number of fused-ring (bicyclic) bond motifs is 9. The van der Waals surface area contributed by atoms with E-state index in [-0.39, 0.29) is 96.4 Å². The number of aliphatic imine (C=N–C) groups is 1. The SMILES string of the molecule is C[C@@H]1CCc2cc3ccc2[C@H]1C[C@@H](S(=O)(=O)[O-])[C@H]1C=C2C[C@H](C[C@H]4C[C@@H](CO)CC#Cc5cc(O)ccc5[C@@H]2O4)[C@@H]1c1ccc(cc1)[C@](C[C@H](Cc1ccccc1)[C@@]1(O)CCC[C@@H](c2ccc(C4(O)CCCCC4)cc2)C1)(N=C(N)N)O3.[Na+]. The molecule has 0 aromatic heterocycles. The van der Waals surface area contributed by atoms with E-state index in [4.69, 9.17) is 25.9 Å². The van der Waals surface area contributed by atoms with Crippen molar-refractivity contribution in [3.63, 3.8) is 0 Å². The van der Waals surface area contributed by atoms with Gasteiger partial charge in [-0.2, -0.15) is 0 Å². The molecule has 5 aliphatic heterocycles. The number of rotatable bonds is 10. The molecule has 9 aliphatic rings. The van der Waals surface area contributed by atoms with E-state index in [1.54, 1.807) is 12.1 Å². The molecule has 83 heavy (non-hydrogen) atoms. The summed E-state index contributed by atoms with van der Waals surface area (Å²) in [4.78, 5) is 5.17. The van der Waals surface area contributed by atoms with Crippen molar-refractivity contribution in [3.8, 4) is 23.3 Å². The number of aryl methyl sites for hydroxylation is 1. The number of aromatic hydroxyl groups is 1. The second-order valence-corrected chi connectivity index (χ2v) is 27.3. The van der Waals surface area contributed by atoms with Crippen LogP contribution in [0.1, 0.15) is 184 Å². The van der Waals surface area contributed by atoms with Crippen molar-refractivity contribution < 1.29 is 72.4 Å². The van der Waals surface area contributed by atoms with Crippen LogP contribution < -0.4 is 45.8 Å². The molecule has 4 aliphatic carbocycles. The first-order valence-corrected chi connectivity index (χ1v) is 31.8. The number of aliphatic hydroxyl groups is 3. The predicted molar refractivity (Wildman–Crippen MR) is 317 cm³/mol. The van der Waals surface area contributed by atoms with Gasteiger partial charge in [0.05, 0.1) is 32.7 Å². The molecule has 0 radical (unpaired) electrons. The molecule has 13 atom stereocenters. The van der Waals surface area contributed by atoms with Crippen LogP contribution in [0.3, 0.4) is 0 Å². The Morgan fingerprint density at radius 3 is 2.31 bits per heavy atom. The number of allylic oxidation sites excluding steroid dienone is 1. The van der Waals surface area contributed by atoms with E-state index in [1.165, 1.54) is 0 Å². The van der Waals surface area contributed by atoms with Crippen LogP contribution in [0.15, 0.2) is 132 Å². The van der Waals surface area contributed by atoms with E-state index in [1.807, 2.05) is 72.8 Å². The van der Waals surface area contributed by atoms with Crippen molar-refractivity contribution in [1.29, 1.82) is 0 Å². The topological polar surface area (TPSA) is 221 Å². The van der Waals surface area contributed by atoms with Crippen molar-refractivity contribution in [1.82, 2.24) is 0 Å². The summed E-state index contributed by atoms with van der Waals surface area (Å²) in [5.74, 6) is 4.80. The van der Waals surface area contributed by atoms with E-state index in [2.05, 4.69) is 55.2 Å². The van der Waals surface area contributed by atoms with Gasteiger partial charge in [-0.3, -0.25) is 0 Å². The maximum atomic E-state index is 14.4. The van der Waals surface area contributed by atoms with Gasteiger partial charge >= 0.3 is 29.6 Å². The Balaban J connectivity index is 0.00000721. The van der Waals surface area contributed by atoms with E-state index in [0.29, 0.717) is 68.2 Å². The molecule has 3 fully saturated rings. The zero-order valence-electron chi connectivity index (χ0n) is 48.2. The van der Waals surface area contributed by atoms with Gasteiger partial charge < -0.3 is 45.9 Å². The van der Waals surface area contributed by atoms with Crippen molar-refractivity contribution in [2.45, 2.75) is 175 Å². The maximum Gasteiger partial charge on any atom is 1.00 e. The third kappa shape index (κ3) is 12.4. The molecule has 432 valence electrons. The number of hydrogen-bond donors (Lipinski definition) is 6.